The lowest BCUT2D eigenvalue weighted by Crippen LogP contribution is -2.00. The Morgan fingerprint density at radius 3 is 1.54 bits per heavy atom. The number of fused-ring (bicyclic) bond motifs is 6. The Morgan fingerprint density at radius 2 is 0.875 bits per heavy atom. The van der Waals surface area contributed by atoms with Crippen LogP contribution < -0.4 is 0 Å². The van der Waals surface area contributed by atoms with Gasteiger partial charge in [0.1, 0.15) is 11.2 Å². The summed E-state index contributed by atoms with van der Waals surface area (Å²) in [6, 6.07) is 60.0. The topological polar surface area (TPSA) is 77.6 Å². The van der Waals surface area contributed by atoms with Crippen molar-refractivity contribution in [3.05, 3.63) is 176 Å². The average Bonchev–Trinajstić information content (AvgIpc) is 3.84. The molecule has 0 saturated heterocycles. The summed E-state index contributed by atoms with van der Waals surface area (Å²) in [6.07, 6.45) is 0. The van der Waals surface area contributed by atoms with E-state index < -0.39 is 0 Å². The molecule has 0 atom stereocenters. The lowest BCUT2D eigenvalue weighted by molar-refractivity contribution is 0.669. The lowest BCUT2D eigenvalue weighted by atomic mass is 10.00. The Bertz CT molecular complexity index is 3180. The molecule has 0 unspecified atom stereocenters. The van der Waals surface area contributed by atoms with E-state index in [0.717, 1.165) is 88.0 Å². The van der Waals surface area contributed by atoms with Crippen LogP contribution in [-0.2, 0) is 0 Å². The quantitative estimate of drug-likeness (QED) is 0.169. The first-order chi connectivity index (χ1) is 27.7. The number of benzene rings is 7. The summed E-state index contributed by atoms with van der Waals surface area (Å²) < 4.78 is 8.74. The van der Waals surface area contributed by atoms with E-state index in [2.05, 4.69) is 91.0 Å². The second-order valence-electron chi connectivity index (χ2n) is 13.7. The van der Waals surface area contributed by atoms with E-state index in [0.29, 0.717) is 17.5 Å². The molecule has 11 aromatic rings. The Labute approximate surface area is 325 Å². The van der Waals surface area contributed by atoms with Gasteiger partial charge in [-0.2, -0.15) is 0 Å². The Hall–Kier alpha value is -7.35. The molecule has 0 fully saturated rings. The molecule has 4 aromatic heterocycles. The molecule has 4 heterocycles. The normalized spacial score (nSPS) is 11.6. The molecule has 7 aromatic carbocycles. The van der Waals surface area contributed by atoms with Crippen LogP contribution >= 0.6 is 11.3 Å². The molecular formula is C49H29N5OS. The average molecular weight is 736 g/mol. The summed E-state index contributed by atoms with van der Waals surface area (Å²) in [5, 5.41) is 3.23. The van der Waals surface area contributed by atoms with Crippen LogP contribution in [0.2, 0.25) is 0 Å². The fraction of sp³-hybridized carbons (Fsp3) is 0. The second kappa shape index (κ2) is 13.2. The van der Waals surface area contributed by atoms with Crippen LogP contribution in [0.25, 0.3) is 110 Å². The number of hydrogen-bond acceptors (Lipinski definition) is 7. The van der Waals surface area contributed by atoms with Crippen LogP contribution in [-0.4, -0.2) is 24.9 Å². The van der Waals surface area contributed by atoms with E-state index in [1.807, 2.05) is 84.9 Å². The number of thiophene rings is 1. The lowest BCUT2D eigenvalue weighted by Gasteiger charge is -2.08. The maximum Gasteiger partial charge on any atom is 0.164 e. The molecule has 7 heteroatoms. The smallest absolute Gasteiger partial charge is 0.164 e. The van der Waals surface area contributed by atoms with Crippen LogP contribution in [0.15, 0.2) is 180 Å². The van der Waals surface area contributed by atoms with Crippen LogP contribution in [0.4, 0.5) is 0 Å². The van der Waals surface area contributed by atoms with Crippen molar-refractivity contribution in [3.63, 3.8) is 0 Å². The zero-order chi connectivity index (χ0) is 37.0. The molecule has 0 bridgehead atoms. The second-order valence-corrected chi connectivity index (χ2v) is 14.7. The largest absolute Gasteiger partial charge is 0.456 e. The third kappa shape index (κ3) is 5.61. The summed E-state index contributed by atoms with van der Waals surface area (Å²) >= 11 is 1.74. The van der Waals surface area contributed by atoms with Gasteiger partial charge in [-0.3, -0.25) is 0 Å². The van der Waals surface area contributed by atoms with Crippen molar-refractivity contribution in [2.75, 3.05) is 0 Å². The zero-order valence-electron chi connectivity index (χ0n) is 29.8. The first kappa shape index (κ1) is 32.1. The van der Waals surface area contributed by atoms with Gasteiger partial charge in [0.2, 0.25) is 0 Å². The molecule has 11 rings (SSSR count). The maximum atomic E-state index is 6.44. The van der Waals surface area contributed by atoms with E-state index in [4.69, 9.17) is 29.3 Å². The predicted octanol–water partition coefficient (Wildman–Crippen LogP) is 12.9. The molecule has 6 nitrogen and oxygen atoms in total. The Morgan fingerprint density at radius 1 is 0.339 bits per heavy atom. The highest BCUT2D eigenvalue weighted by molar-refractivity contribution is 7.26. The predicted molar refractivity (Wildman–Crippen MR) is 228 cm³/mol. The number of hydrogen-bond donors (Lipinski definition) is 0. The molecule has 0 spiro atoms. The first-order valence-corrected chi connectivity index (χ1v) is 19.2. The third-order valence-electron chi connectivity index (χ3n) is 10.2. The Kier molecular flexibility index (Phi) is 7.57. The summed E-state index contributed by atoms with van der Waals surface area (Å²) in [6.45, 7) is 0. The van der Waals surface area contributed by atoms with E-state index in [1.165, 1.54) is 4.70 Å². The van der Waals surface area contributed by atoms with Gasteiger partial charge in [0.05, 0.1) is 15.9 Å². The molecule has 0 saturated carbocycles. The van der Waals surface area contributed by atoms with Crippen molar-refractivity contribution in [1.82, 2.24) is 24.9 Å². The third-order valence-corrected chi connectivity index (χ3v) is 11.3. The van der Waals surface area contributed by atoms with Gasteiger partial charge in [0, 0.05) is 48.7 Å². The monoisotopic (exact) mass is 735 g/mol. The number of aromatic nitrogens is 5. The van der Waals surface area contributed by atoms with Crippen molar-refractivity contribution in [2.45, 2.75) is 0 Å². The zero-order valence-corrected chi connectivity index (χ0v) is 30.6. The van der Waals surface area contributed by atoms with Crippen LogP contribution in [0.1, 0.15) is 0 Å². The minimum atomic E-state index is 0.591. The standard InChI is InChI=1S/C49H29N5OS/c1-4-12-32(13-5-1)46-50-43(45-44(51-46)38-18-10-11-19-42(38)56-45)31-22-20-30(21-23-31)35-25-27-40-39(28-35)37-26-24-36(29-41(37)55-40)49-53-47(33-14-6-2-7-15-33)52-48(54-49)34-16-8-3-9-17-34/h1-29H. The molecule has 0 aliphatic carbocycles. The van der Waals surface area contributed by atoms with Gasteiger partial charge in [-0.15, -0.1) is 11.3 Å². The van der Waals surface area contributed by atoms with E-state index >= 15 is 0 Å². The maximum absolute atomic E-state index is 6.44. The SMILES string of the molecule is c1ccc(-c2nc(-c3ccccc3)nc(-c3ccc4c(c3)oc3ccc(-c5ccc(-c6nc(-c7ccccc7)nc7c6sc6ccccc67)cc5)cc34)n2)cc1. The number of rotatable bonds is 6. The number of nitrogens with zero attached hydrogens (tertiary/aromatic N) is 5. The van der Waals surface area contributed by atoms with Crippen molar-refractivity contribution in [1.29, 1.82) is 0 Å². The van der Waals surface area contributed by atoms with E-state index in [-0.39, 0.29) is 0 Å². The molecule has 0 radical (unpaired) electrons. The highest BCUT2D eigenvalue weighted by Gasteiger charge is 2.18. The van der Waals surface area contributed by atoms with Crippen molar-refractivity contribution in [2.24, 2.45) is 0 Å². The van der Waals surface area contributed by atoms with Gasteiger partial charge in [-0.25, -0.2) is 24.9 Å². The minimum Gasteiger partial charge on any atom is -0.456 e. The first-order valence-electron chi connectivity index (χ1n) is 18.4. The van der Waals surface area contributed by atoms with Gasteiger partial charge in [-0.05, 0) is 41.5 Å². The minimum absolute atomic E-state index is 0.591. The molecule has 262 valence electrons. The molecule has 0 aliphatic rings. The highest BCUT2D eigenvalue weighted by atomic mass is 32.1. The van der Waals surface area contributed by atoms with Crippen LogP contribution in [0.5, 0.6) is 0 Å². The highest BCUT2D eigenvalue weighted by Crippen LogP contribution is 2.40. The van der Waals surface area contributed by atoms with Gasteiger partial charge < -0.3 is 4.42 Å². The van der Waals surface area contributed by atoms with Crippen LogP contribution in [0, 0.1) is 0 Å². The summed E-state index contributed by atoms with van der Waals surface area (Å²) in [7, 11) is 0. The molecular weight excluding hydrogens is 707 g/mol. The van der Waals surface area contributed by atoms with E-state index in [1.54, 1.807) is 11.3 Å². The Balaban J connectivity index is 0.965. The van der Waals surface area contributed by atoms with Gasteiger partial charge in [0.25, 0.3) is 0 Å². The number of furan rings is 1. The van der Waals surface area contributed by atoms with Crippen molar-refractivity contribution in [3.8, 4) is 67.9 Å². The van der Waals surface area contributed by atoms with Gasteiger partial charge in [-0.1, -0.05) is 146 Å². The van der Waals surface area contributed by atoms with Crippen molar-refractivity contribution < 1.29 is 4.42 Å². The van der Waals surface area contributed by atoms with Gasteiger partial charge >= 0.3 is 0 Å². The van der Waals surface area contributed by atoms with Crippen molar-refractivity contribution >= 4 is 53.6 Å². The summed E-state index contributed by atoms with van der Waals surface area (Å²) in [5.74, 6) is 2.57. The van der Waals surface area contributed by atoms with Crippen LogP contribution in [0.3, 0.4) is 0 Å². The molecule has 0 N–H and O–H groups in total. The summed E-state index contributed by atoms with van der Waals surface area (Å²) in [5.41, 5.74) is 10.5. The summed E-state index contributed by atoms with van der Waals surface area (Å²) in [4.78, 5) is 24.9. The molecule has 0 amide bonds. The van der Waals surface area contributed by atoms with E-state index in [9.17, 15) is 0 Å². The fourth-order valence-corrected chi connectivity index (χ4v) is 8.51. The van der Waals surface area contributed by atoms with Gasteiger partial charge in [0.15, 0.2) is 23.3 Å². The molecule has 0 aliphatic heterocycles. The molecule has 56 heavy (non-hydrogen) atoms. The fourth-order valence-electron chi connectivity index (χ4n) is 7.36.